The molecule has 0 N–H and O–H groups in total. The lowest BCUT2D eigenvalue weighted by molar-refractivity contribution is -0.120. The predicted molar refractivity (Wildman–Crippen MR) is 38.1 cm³/mol. The van der Waals surface area contributed by atoms with E-state index in [2.05, 4.69) is 12.2 Å². The van der Waals surface area contributed by atoms with Gasteiger partial charge in [-0.15, -0.1) is 0 Å². The van der Waals surface area contributed by atoms with E-state index in [9.17, 15) is 4.79 Å². The molecular weight excluding hydrogens is 120 g/mol. The van der Waals surface area contributed by atoms with Crippen LogP contribution < -0.4 is 0 Å². The molecule has 0 aromatic heterocycles. The van der Waals surface area contributed by atoms with E-state index in [1.54, 1.807) is 12.3 Å². The van der Waals surface area contributed by atoms with Gasteiger partial charge in [-0.2, -0.15) is 0 Å². The van der Waals surface area contributed by atoms with Crippen molar-refractivity contribution >= 4 is 23.4 Å². The minimum atomic E-state index is 0.118. The molecule has 8 heavy (non-hydrogen) atoms. The van der Waals surface area contributed by atoms with Crippen molar-refractivity contribution in [2.75, 3.05) is 0 Å². The largest absolute Gasteiger partial charge is 0.300 e. The van der Waals surface area contributed by atoms with Crippen LogP contribution >= 0.6 is 12.2 Å². The Bertz CT molecular complexity index is 98.7. The van der Waals surface area contributed by atoms with Crippen molar-refractivity contribution in [3.63, 3.8) is 0 Å². The van der Waals surface area contributed by atoms with Crippen molar-refractivity contribution in [2.45, 2.75) is 20.3 Å². The van der Waals surface area contributed by atoms with Crippen molar-refractivity contribution in [3.05, 3.63) is 0 Å². The van der Waals surface area contributed by atoms with Crippen molar-refractivity contribution in [3.8, 4) is 0 Å². The first kappa shape index (κ1) is 7.76. The summed E-state index contributed by atoms with van der Waals surface area (Å²) < 4.78 is 0. The standard InChI is InChI=1S/C6H10OS/c1-5(3-4-8)6(2)7/h4-5H,3H2,1-2H3. The van der Waals surface area contributed by atoms with E-state index in [4.69, 9.17) is 0 Å². The lowest BCUT2D eigenvalue weighted by Gasteiger charge is -1.98. The van der Waals surface area contributed by atoms with Crippen LogP contribution in [0.1, 0.15) is 20.3 Å². The van der Waals surface area contributed by atoms with Crippen molar-refractivity contribution in [1.82, 2.24) is 0 Å². The van der Waals surface area contributed by atoms with Gasteiger partial charge in [0.25, 0.3) is 0 Å². The average molecular weight is 130 g/mol. The van der Waals surface area contributed by atoms with Crippen LogP contribution in [0.5, 0.6) is 0 Å². The van der Waals surface area contributed by atoms with Crippen LogP contribution in [0.4, 0.5) is 0 Å². The summed E-state index contributed by atoms with van der Waals surface area (Å²) in [5.74, 6) is 0.332. The van der Waals surface area contributed by atoms with Crippen molar-refractivity contribution in [1.29, 1.82) is 0 Å². The smallest absolute Gasteiger partial charge is 0.132 e. The summed E-state index contributed by atoms with van der Waals surface area (Å²) in [6.45, 7) is 3.47. The van der Waals surface area contributed by atoms with Gasteiger partial charge in [-0.1, -0.05) is 19.1 Å². The Kier molecular flexibility index (Phi) is 3.61. The van der Waals surface area contributed by atoms with E-state index < -0.39 is 0 Å². The SMILES string of the molecule is CC(=O)C(C)CC=S. The second-order valence-corrected chi connectivity index (χ2v) is 2.25. The van der Waals surface area contributed by atoms with Crippen LogP contribution in [0.15, 0.2) is 0 Å². The fraction of sp³-hybridized carbons (Fsp3) is 0.667. The Balaban J connectivity index is 3.46. The molecule has 0 saturated carbocycles. The lowest BCUT2D eigenvalue weighted by Crippen LogP contribution is -2.05. The second-order valence-electron chi connectivity index (χ2n) is 1.91. The van der Waals surface area contributed by atoms with E-state index in [1.807, 2.05) is 6.92 Å². The molecule has 1 nitrogen and oxygen atoms in total. The molecule has 2 heteroatoms. The molecule has 0 aromatic rings. The van der Waals surface area contributed by atoms with E-state index in [0.29, 0.717) is 0 Å². The summed E-state index contributed by atoms with van der Waals surface area (Å²) in [5, 5.41) is 1.60. The lowest BCUT2D eigenvalue weighted by atomic mass is 10.1. The number of thiocarbonyl (C=S) groups is 1. The number of hydrogen-bond acceptors (Lipinski definition) is 2. The number of Topliss-reactive ketones (excluding diaryl/α,β-unsaturated/α-hetero) is 1. The topological polar surface area (TPSA) is 17.1 Å². The first-order valence-corrected chi connectivity index (χ1v) is 3.09. The Morgan fingerprint density at radius 1 is 1.88 bits per heavy atom. The summed E-state index contributed by atoms with van der Waals surface area (Å²) in [6, 6.07) is 0. The third-order valence-corrected chi connectivity index (χ3v) is 1.34. The monoisotopic (exact) mass is 130 g/mol. The molecule has 0 aliphatic rings. The van der Waals surface area contributed by atoms with Gasteiger partial charge in [-0.25, -0.2) is 0 Å². The summed E-state index contributed by atoms with van der Waals surface area (Å²) in [4.78, 5) is 10.5. The summed E-state index contributed by atoms with van der Waals surface area (Å²) >= 11 is 4.57. The molecule has 0 aliphatic carbocycles. The number of ketones is 1. The molecule has 0 heterocycles. The van der Waals surface area contributed by atoms with Gasteiger partial charge < -0.3 is 0 Å². The van der Waals surface area contributed by atoms with Crippen molar-refractivity contribution in [2.24, 2.45) is 5.92 Å². The molecule has 0 radical (unpaired) electrons. The molecule has 0 amide bonds. The van der Waals surface area contributed by atoms with Gasteiger partial charge in [0.05, 0.1) is 0 Å². The summed E-state index contributed by atoms with van der Waals surface area (Å²) in [5.41, 5.74) is 0. The highest BCUT2D eigenvalue weighted by atomic mass is 32.1. The van der Waals surface area contributed by atoms with Crippen LogP contribution in [0.3, 0.4) is 0 Å². The second kappa shape index (κ2) is 3.72. The average Bonchev–Trinajstić information content (AvgIpc) is 1.67. The van der Waals surface area contributed by atoms with Gasteiger partial charge in [0, 0.05) is 5.92 Å². The van der Waals surface area contributed by atoms with Gasteiger partial charge in [0.1, 0.15) is 5.78 Å². The van der Waals surface area contributed by atoms with Crippen LogP contribution in [-0.2, 0) is 4.79 Å². The highest BCUT2D eigenvalue weighted by molar-refractivity contribution is 7.78. The van der Waals surface area contributed by atoms with Crippen LogP contribution in [0.25, 0.3) is 0 Å². The van der Waals surface area contributed by atoms with Crippen molar-refractivity contribution < 1.29 is 4.79 Å². The Hall–Kier alpha value is -0.240. The maximum Gasteiger partial charge on any atom is 0.132 e. The summed E-state index contributed by atoms with van der Waals surface area (Å²) in [6.07, 6.45) is 0.727. The molecular formula is C6H10OS. The number of carbonyl (C=O) groups is 1. The minimum absolute atomic E-state index is 0.118. The quantitative estimate of drug-likeness (QED) is 0.540. The number of carbonyl (C=O) groups excluding carboxylic acids is 1. The van der Waals surface area contributed by atoms with Crippen LogP contribution in [0.2, 0.25) is 0 Å². The Morgan fingerprint density at radius 2 is 2.38 bits per heavy atom. The molecule has 0 aliphatic heterocycles. The zero-order valence-electron chi connectivity index (χ0n) is 5.18. The molecule has 46 valence electrons. The van der Waals surface area contributed by atoms with E-state index in [1.165, 1.54) is 0 Å². The predicted octanol–water partition coefficient (Wildman–Crippen LogP) is 1.60. The van der Waals surface area contributed by atoms with E-state index in [0.717, 1.165) is 6.42 Å². The third-order valence-electron chi connectivity index (χ3n) is 1.14. The Labute approximate surface area is 55.1 Å². The van der Waals surface area contributed by atoms with Gasteiger partial charge in [-0.05, 0) is 18.7 Å². The summed E-state index contributed by atoms with van der Waals surface area (Å²) in [7, 11) is 0. The molecule has 0 saturated heterocycles. The molecule has 0 spiro atoms. The highest BCUT2D eigenvalue weighted by Crippen LogP contribution is 1.99. The number of rotatable bonds is 3. The fourth-order valence-corrected chi connectivity index (χ4v) is 0.599. The first-order chi connectivity index (χ1) is 3.68. The van der Waals surface area contributed by atoms with E-state index in [-0.39, 0.29) is 11.7 Å². The first-order valence-electron chi connectivity index (χ1n) is 2.62. The number of hydrogen-bond donors (Lipinski definition) is 0. The zero-order chi connectivity index (χ0) is 6.57. The van der Waals surface area contributed by atoms with Gasteiger partial charge in [0.2, 0.25) is 0 Å². The van der Waals surface area contributed by atoms with Gasteiger partial charge >= 0.3 is 0 Å². The molecule has 1 unspecified atom stereocenters. The molecule has 0 bridgehead atoms. The minimum Gasteiger partial charge on any atom is -0.300 e. The molecule has 0 rings (SSSR count). The Morgan fingerprint density at radius 3 is 2.50 bits per heavy atom. The third kappa shape index (κ3) is 2.86. The highest BCUT2D eigenvalue weighted by Gasteiger charge is 2.02. The van der Waals surface area contributed by atoms with Gasteiger partial charge in [0.15, 0.2) is 0 Å². The zero-order valence-corrected chi connectivity index (χ0v) is 5.99. The molecule has 1 atom stereocenters. The van der Waals surface area contributed by atoms with Crippen LogP contribution in [0, 0.1) is 5.92 Å². The molecule has 0 fully saturated rings. The maximum absolute atomic E-state index is 10.5. The van der Waals surface area contributed by atoms with Gasteiger partial charge in [-0.3, -0.25) is 4.79 Å². The normalized spacial score (nSPS) is 12.8. The molecule has 0 aromatic carbocycles. The fourth-order valence-electron chi connectivity index (χ4n) is 0.310. The van der Waals surface area contributed by atoms with E-state index >= 15 is 0 Å². The van der Waals surface area contributed by atoms with Crippen LogP contribution in [-0.4, -0.2) is 11.2 Å². The maximum atomic E-state index is 10.5.